The van der Waals surface area contributed by atoms with Crippen molar-refractivity contribution >= 4 is 27.7 Å². The average Bonchev–Trinajstić information content (AvgIpc) is 2.76. The summed E-state index contributed by atoms with van der Waals surface area (Å²) < 4.78 is 16.1. The molecule has 0 unspecified atom stereocenters. The maximum absolute atomic E-state index is 13.6. The standard InChI is InChI=1S/C11H12BrFN4S/c1-7(2)17-11(14-15-16-17)18-6-8-3-4-9(12)5-10(8)13/h3-5,7H,6H2,1-2H3. The Morgan fingerprint density at radius 1 is 1.44 bits per heavy atom. The molecule has 1 aromatic carbocycles. The predicted molar refractivity (Wildman–Crippen MR) is 71.9 cm³/mol. The van der Waals surface area contributed by atoms with Crippen molar-refractivity contribution in [1.29, 1.82) is 0 Å². The van der Waals surface area contributed by atoms with Crippen LogP contribution < -0.4 is 0 Å². The number of benzene rings is 1. The number of hydrogen-bond donors (Lipinski definition) is 0. The summed E-state index contributed by atoms with van der Waals surface area (Å²) in [6, 6.07) is 5.24. The lowest BCUT2D eigenvalue weighted by molar-refractivity contribution is 0.477. The zero-order valence-corrected chi connectivity index (χ0v) is 12.4. The molecule has 0 atom stereocenters. The summed E-state index contributed by atoms with van der Waals surface area (Å²) in [7, 11) is 0. The fraction of sp³-hybridized carbons (Fsp3) is 0.364. The van der Waals surface area contributed by atoms with Gasteiger partial charge < -0.3 is 0 Å². The topological polar surface area (TPSA) is 43.6 Å². The molecular formula is C11H12BrFN4S. The van der Waals surface area contributed by atoms with Crippen LogP contribution in [0, 0.1) is 5.82 Å². The van der Waals surface area contributed by atoms with Crippen LogP contribution in [0.2, 0.25) is 0 Å². The molecule has 2 aromatic rings. The monoisotopic (exact) mass is 330 g/mol. The van der Waals surface area contributed by atoms with Crippen LogP contribution in [-0.2, 0) is 5.75 Å². The first kappa shape index (κ1) is 13.5. The van der Waals surface area contributed by atoms with E-state index in [-0.39, 0.29) is 11.9 Å². The Morgan fingerprint density at radius 3 is 2.89 bits per heavy atom. The fourth-order valence-electron chi connectivity index (χ4n) is 1.39. The molecule has 0 N–H and O–H groups in total. The molecule has 0 spiro atoms. The van der Waals surface area contributed by atoms with Crippen LogP contribution in [0.25, 0.3) is 0 Å². The van der Waals surface area contributed by atoms with Crippen molar-refractivity contribution in [2.24, 2.45) is 0 Å². The predicted octanol–water partition coefficient (Wildman–Crippen LogP) is 3.45. The molecule has 1 aromatic heterocycles. The van der Waals surface area contributed by atoms with E-state index in [9.17, 15) is 4.39 Å². The normalized spacial score (nSPS) is 11.2. The minimum absolute atomic E-state index is 0.192. The number of aromatic nitrogens is 4. The van der Waals surface area contributed by atoms with E-state index in [1.165, 1.54) is 17.8 Å². The van der Waals surface area contributed by atoms with Gasteiger partial charge in [0.2, 0.25) is 5.16 Å². The van der Waals surface area contributed by atoms with Gasteiger partial charge in [0.05, 0.1) is 6.04 Å². The Kier molecular flexibility index (Phi) is 4.34. The van der Waals surface area contributed by atoms with Crippen molar-refractivity contribution < 1.29 is 4.39 Å². The molecule has 96 valence electrons. The number of thioether (sulfide) groups is 1. The molecule has 0 saturated heterocycles. The second-order valence-corrected chi connectivity index (χ2v) is 5.88. The maximum Gasteiger partial charge on any atom is 0.209 e. The van der Waals surface area contributed by atoms with Gasteiger partial charge in [0.25, 0.3) is 0 Å². The highest BCUT2D eigenvalue weighted by atomic mass is 79.9. The molecule has 0 saturated carbocycles. The van der Waals surface area contributed by atoms with Crippen molar-refractivity contribution in [3.05, 3.63) is 34.1 Å². The van der Waals surface area contributed by atoms with Crippen LogP contribution in [0.5, 0.6) is 0 Å². The molecule has 0 amide bonds. The Balaban J connectivity index is 2.09. The summed E-state index contributed by atoms with van der Waals surface area (Å²) >= 11 is 4.66. The van der Waals surface area contributed by atoms with Gasteiger partial charge in [-0.15, -0.1) is 5.10 Å². The average molecular weight is 331 g/mol. The summed E-state index contributed by atoms with van der Waals surface area (Å²) in [5, 5.41) is 12.2. The third-order valence-corrected chi connectivity index (χ3v) is 3.80. The smallest absolute Gasteiger partial charge is 0.209 e. The summed E-state index contributed by atoms with van der Waals surface area (Å²) in [5.41, 5.74) is 0.640. The first-order chi connectivity index (χ1) is 8.58. The van der Waals surface area contributed by atoms with Gasteiger partial charge in [-0.3, -0.25) is 0 Å². The summed E-state index contributed by atoms with van der Waals surface area (Å²) in [6.07, 6.45) is 0. The SMILES string of the molecule is CC(C)n1nnnc1SCc1ccc(Br)cc1F. The van der Waals surface area contributed by atoms with Crippen molar-refractivity contribution in [3.8, 4) is 0 Å². The zero-order chi connectivity index (χ0) is 13.1. The number of hydrogen-bond acceptors (Lipinski definition) is 4. The van der Waals surface area contributed by atoms with Crippen LogP contribution in [0.15, 0.2) is 27.8 Å². The van der Waals surface area contributed by atoms with Crippen LogP contribution in [0.1, 0.15) is 25.5 Å². The Bertz CT molecular complexity index is 544. The molecule has 0 radical (unpaired) electrons. The molecule has 18 heavy (non-hydrogen) atoms. The molecule has 0 aliphatic rings. The molecule has 0 bridgehead atoms. The number of rotatable bonds is 4. The lowest BCUT2D eigenvalue weighted by Crippen LogP contribution is -2.04. The van der Waals surface area contributed by atoms with E-state index in [1.807, 2.05) is 19.9 Å². The highest BCUT2D eigenvalue weighted by molar-refractivity contribution is 9.10. The molecule has 2 rings (SSSR count). The van der Waals surface area contributed by atoms with Gasteiger partial charge in [0.15, 0.2) is 0 Å². The first-order valence-corrected chi connectivity index (χ1v) is 7.20. The molecule has 1 heterocycles. The largest absolute Gasteiger partial charge is 0.218 e. The van der Waals surface area contributed by atoms with E-state index in [1.54, 1.807) is 10.7 Å². The van der Waals surface area contributed by atoms with Gasteiger partial charge in [-0.1, -0.05) is 33.8 Å². The van der Waals surface area contributed by atoms with Crippen LogP contribution >= 0.6 is 27.7 Å². The number of nitrogens with zero attached hydrogens (tertiary/aromatic N) is 4. The van der Waals surface area contributed by atoms with Gasteiger partial charge in [-0.2, -0.15) is 0 Å². The Hall–Kier alpha value is -0.950. The van der Waals surface area contributed by atoms with E-state index < -0.39 is 0 Å². The Labute approximate surface area is 117 Å². The van der Waals surface area contributed by atoms with Crippen LogP contribution in [0.3, 0.4) is 0 Å². The second-order valence-electron chi connectivity index (χ2n) is 4.02. The minimum atomic E-state index is -0.222. The number of halogens is 2. The summed E-state index contributed by atoms with van der Waals surface area (Å²) in [5.74, 6) is 0.284. The van der Waals surface area contributed by atoms with E-state index >= 15 is 0 Å². The third-order valence-electron chi connectivity index (χ3n) is 2.32. The number of tetrazole rings is 1. The second kappa shape index (κ2) is 5.79. The molecule has 0 aliphatic carbocycles. The molecule has 0 fully saturated rings. The Morgan fingerprint density at radius 2 is 2.22 bits per heavy atom. The van der Waals surface area contributed by atoms with Crippen molar-refractivity contribution in [2.75, 3.05) is 0 Å². The molecule has 0 aliphatic heterocycles. The van der Waals surface area contributed by atoms with Crippen molar-refractivity contribution in [1.82, 2.24) is 20.2 Å². The quantitative estimate of drug-likeness (QED) is 0.805. The molecular weight excluding hydrogens is 319 g/mol. The minimum Gasteiger partial charge on any atom is -0.218 e. The van der Waals surface area contributed by atoms with Crippen molar-refractivity contribution in [3.63, 3.8) is 0 Å². The van der Waals surface area contributed by atoms with Gasteiger partial charge in [-0.25, -0.2) is 9.07 Å². The van der Waals surface area contributed by atoms with Crippen molar-refractivity contribution in [2.45, 2.75) is 30.8 Å². The highest BCUT2D eigenvalue weighted by Gasteiger charge is 2.11. The van der Waals surface area contributed by atoms with Gasteiger partial charge in [-0.05, 0) is 42.0 Å². The van der Waals surface area contributed by atoms with Gasteiger partial charge in [0.1, 0.15) is 5.82 Å². The van der Waals surface area contributed by atoms with Crippen LogP contribution in [-0.4, -0.2) is 20.2 Å². The maximum atomic E-state index is 13.6. The fourth-order valence-corrected chi connectivity index (χ4v) is 2.71. The van der Waals surface area contributed by atoms with E-state index in [4.69, 9.17) is 0 Å². The lowest BCUT2D eigenvalue weighted by Gasteiger charge is -2.07. The van der Waals surface area contributed by atoms with E-state index in [2.05, 4.69) is 31.5 Å². The highest BCUT2D eigenvalue weighted by Crippen LogP contribution is 2.24. The summed E-state index contributed by atoms with van der Waals surface area (Å²) in [6.45, 7) is 4.00. The van der Waals surface area contributed by atoms with Gasteiger partial charge >= 0.3 is 0 Å². The first-order valence-electron chi connectivity index (χ1n) is 5.42. The third kappa shape index (κ3) is 3.08. The van der Waals surface area contributed by atoms with E-state index in [0.29, 0.717) is 16.5 Å². The van der Waals surface area contributed by atoms with E-state index in [0.717, 1.165) is 4.47 Å². The molecule has 7 heteroatoms. The van der Waals surface area contributed by atoms with Crippen LogP contribution in [0.4, 0.5) is 4.39 Å². The zero-order valence-electron chi connectivity index (χ0n) is 9.97. The van der Waals surface area contributed by atoms with Gasteiger partial charge in [0, 0.05) is 10.2 Å². The summed E-state index contributed by atoms with van der Waals surface area (Å²) in [4.78, 5) is 0. The lowest BCUT2D eigenvalue weighted by atomic mass is 10.2. The molecule has 4 nitrogen and oxygen atoms in total.